The molecular weight excluding hydrogens is 284 g/mol. The van der Waals surface area contributed by atoms with Crippen LogP contribution in [0.15, 0.2) is 0 Å². The van der Waals surface area contributed by atoms with E-state index >= 15 is 0 Å². The fraction of sp³-hybridized carbons (Fsp3) is 0.923. The van der Waals surface area contributed by atoms with Crippen LogP contribution in [0.25, 0.3) is 0 Å². The first kappa shape index (κ1) is 17.1. The van der Waals surface area contributed by atoms with Gasteiger partial charge in [-0.2, -0.15) is 0 Å². The van der Waals surface area contributed by atoms with E-state index in [2.05, 4.69) is 5.32 Å². The minimum Gasteiger partial charge on any atom is -0.377 e. The first-order valence-corrected chi connectivity index (χ1v) is 8.08. The molecule has 0 aromatic carbocycles. The Morgan fingerprint density at radius 1 is 1.42 bits per heavy atom. The molecule has 0 radical (unpaired) electrons. The van der Waals surface area contributed by atoms with Crippen molar-refractivity contribution in [1.82, 2.24) is 10.2 Å². The molecule has 2 rings (SSSR count). The molecule has 2 aliphatic heterocycles. The Hall–Kier alpha value is 0.0300. The third-order valence-electron chi connectivity index (χ3n) is 3.78. The Morgan fingerprint density at radius 2 is 2.26 bits per heavy atom. The van der Waals surface area contributed by atoms with Gasteiger partial charge in [0.1, 0.15) is 0 Å². The predicted molar refractivity (Wildman–Crippen MR) is 82.2 cm³/mol. The maximum Gasteiger partial charge on any atom is 0.232 e. The maximum absolute atomic E-state index is 12.0. The quantitative estimate of drug-likeness (QED) is 0.836. The number of likely N-dealkylation sites (N-methyl/N-ethyl adjacent to an activating group) is 1. The summed E-state index contributed by atoms with van der Waals surface area (Å²) in [6.07, 6.45) is 5.07. The van der Waals surface area contributed by atoms with E-state index in [-0.39, 0.29) is 18.3 Å². The zero-order valence-corrected chi connectivity index (χ0v) is 13.2. The third kappa shape index (κ3) is 5.50. The van der Waals surface area contributed by atoms with Gasteiger partial charge in [0, 0.05) is 32.0 Å². The highest BCUT2D eigenvalue weighted by atomic mass is 35.5. The summed E-state index contributed by atoms with van der Waals surface area (Å²) < 4.78 is 5.66. The van der Waals surface area contributed by atoms with Crippen molar-refractivity contribution in [2.24, 2.45) is 0 Å². The number of nitrogens with one attached hydrogen (secondary N) is 1. The minimum absolute atomic E-state index is 0. The molecular formula is C13H25ClN2O2S. The van der Waals surface area contributed by atoms with Gasteiger partial charge in [-0.1, -0.05) is 0 Å². The smallest absolute Gasteiger partial charge is 0.232 e. The number of carbonyl (C=O) groups excluding carboxylic acids is 1. The summed E-state index contributed by atoms with van der Waals surface area (Å²) in [6.45, 7) is 2.87. The number of thioether (sulfide) groups is 1. The lowest BCUT2D eigenvalue weighted by molar-refractivity contribution is -0.128. The molecule has 112 valence electrons. The number of hydrogen-bond donors (Lipinski definition) is 1. The fourth-order valence-corrected chi connectivity index (χ4v) is 3.51. The molecule has 1 N–H and O–H groups in total. The van der Waals surface area contributed by atoms with Crippen molar-refractivity contribution < 1.29 is 9.53 Å². The van der Waals surface area contributed by atoms with Crippen LogP contribution in [0.4, 0.5) is 0 Å². The lowest BCUT2D eigenvalue weighted by Crippen LogP contribution is -2.39. The molecule has 0 spiro atoms. The minimum atomic E-state index is 0. The second-order valence-electron chi connectivity index (χ2n) is 5.15. The molecule has 2 saturated heterocycles. The van der Waals surface area contributed by atoms with Gasteiger partial charge in [-0.05, 0) is 32.2 Å². The number of ether oxygens (including phenoxy) is 1. The number of nitrogens with zero attached hydrogens (tertiary/aromatic N) is 1. The van der Waals surface area contributed by atoms with Crippen molar-refractivity contribution >= 4 is 30.1 Å². The van der Waals surface area contributed by atoms with Crippen molar-refractivity contribution in [3.8, 4) is 0 Å². The van der Waals surface area contributed by atoms with Gasteiger partial charge >= 0.3 is 0 Å². The van der Waals surface area contributed by atoms with Crippen molar-refractivity contribution in [1.29, 1.82) is 0 Å². The van der Waals surface area contributed by atoms with Crippen molar-refractivity contribution in [2.45, 2.75) is 37.8 Å². The molecule has 0 bridgehead atoms. The van der Waals surface area contributed by atoms with Gasteiger partial charge in [-0.3, -0.25) is 4.79 Å². The van der Waals surface area contributed by atoms with Gasteiger partial charge in [0.2, 0.25) is 5.91 Å². The molecule has 1 amide bonds. The largest absolute Gasteiger partial charge is 0.377 e. The Bertz CT molecular complexity index is 269. The average Bonchev–Trinajstić information content (AvgIpc) is 2.93. The molecule has 2 aliphatic rings. The molecule has 2 fully saturated rings. The molecule has 19 heavy (non-hydrogen) atoms. The van der Waals surface area contributed by atoms with Crippen LogP contribution in [0, 0.1) is 0 Å². The third-order valence-corrected chi connectivity index (χ3v) is 4.84. The van der Waals surface area contributed by atoms with Crippen LogP contribution in [0.1, 0.15) is 25.7 Å². The van der Waals surface area contributed by atoms with Crippen LogP contribution >= 0.6 is 24.2 Å². The number of amides is 1. The Labute approximate surface area is 126 Å². The summed E-state index contributed by atoms with van der Waals surface area (Å²) in [7, 11) is 1.93. The van der Waals surface area contributed by atoms with Crippen LogP contribution in [-0.2, 0) is 9.53 Å². The zero-order chi connectivity index (χ0) is 12.8. The van der Waals surface area contributed by atoms with Crippen molar-refractivity contribution in [3.63, 3.8) is 0 Å². The van der Waals surface area contributed by atoms with Crippen molar-refractivity contribution in [2.75, 3.05) is 38.2 Å². The number of halogens is 1. The van der Waals surface area contributed by atoms with E-state index < -0.39 is 0 Å². The Morgan fingerprint density at radius 3 is 2.89 bits per heavy atom. The highest BCUT2D eigenvalue weighted by molar-refractivity contribution is 7.99. The summed E-state index contributed by atoms with van der Waals surface area (Å²) in [4.78, 5) is 13.9. The molecule has 0 aliphatic carbocycles. The Kier molecular flexibility index (Phi) is 8.14. The lowest BCUT2D eigenvalue weighted by atomic mass is 10.1. The summed E-state index contributed by atoms with van der Waals surface area (Å²) in [5, 5.41) is 3.30. The Balaban J connectivity index is 0.00000180. The SMILES string of the molecule is CN(C(=O)CSCC1CCCCO1)C1CCNC1.Cl. The second-order valence-corrected chi connectivity index (χ2v) is 6.19. The van der Waals surface area contributed by atoms with E-state index in [4.69, 9.17) is 4.74 Å². The molecule has 0 saturated carbocycles. The number of carbonyl (C=O) groups is 1. The summed E-state index contributed by atoms with van der Waals surface area (Å²) in [5.74, 6) is 1.81. The molecule has 6 heteroatoms. The zero-order valence-electron chi connectivity index (χ0n) is 11.6. The molecule has 2 heterocycles. The summed E-state index contributed by atoms with van der Waals surface area (Å²) >= 11 is 1.72. The monoisotopic (exact) mass is 308 g/mol. The average molecular weight is 309 g/mol. The number of rotatable bonds is 5. The second kappa shape index (κ2) is 9.06. The maximum atomic E-state index is 12.0. The van der Waals surface area contributed by atoms with Crippen molar-refractivity contribution in [3.05, 3.63) is 0 Å². The van der Waals surface area contributed by atoms with Crippen LogP contribution in [-0.4, -0.2) is 61.2 Å². The number of hydrogen-bond acceptors (Lipinski definition) is 4. The molecule has 4 nitrogen and oxygen atoms in total. The van der Waals surface area contributed by atoms with Gasteiger partial charge in [-0.15, -0.1) is 24.2 Å². The first-order valence-electron chi connectivity index (χ1n) is 6.93. The molecule has 0 aromatic rings. The van der Waals surface area contributed by atoms with Gasteiger partial charge in [0.25, 0.3) is 0 Å². The highest BCUT2D eigenvalue weighted by Gasteiger charge is 2.23. The van der Waals surface area contributed by atoms with E-state index in [0.717, 1.165) is 38.3 Å². The first-order chi connectivity index (χ1) is 8.77. The summed E-state index contributed by atoms with van der Waals surface area (Å²) in [5.41, 5.74) is 0. The van der Waals surface area contributed by atoms with E-state index in [1.165, 1.54) is 12.8 Å². The van der Waals surface area contributed by atoms with Crippen LogP contribution < -0.4 is 5.32 Å². The molecule has 2 unspecified atom stereocenters. The normalized spacial score (nSPS) is 26.8. The highest BCUT2D eigenvalue weighted by Crippen LogP contribution is 2.18. The van der Waals surface area contributed by atoms with Crippen LogP contribution in [0.5, 0.6) is 0 Å². The van der Waals surface area contributed by atoms with Gasteiger partial charge in [0.05, 0.1) is 11.9 Å². The van der Waals surface area contributed by atoms with E-state index in [0.29, 0.717) is 17.9 Å². The topological polar surface area (TPSA) is 41.6 Å². The van der Waals surface area contributed by atoms with E-state index in [1.54, 1.807) is 11.8 Å². The van der Waals surface area contributed by atoms with E-state index in [9.17, 15) is 4.79 Å². The predicted octanol–water partition coefficient (Wildman–Crippen LogP) is 1.53. The lowest BCUT2D eigenvalue weighted by Gasteiger charge is -2.25. The van der Waals surface area contributed by atoms with Crippen LogP contribution in [0.2, 0.25) is 0 Å². The van der Waals surface area contributed by atoms with E-state index in [1.807, 2.05) is 11.9 Å². The van der Waals surface area contributed by atoms with Crippen LogP contribution in [0.3, 0.4) is 0 Å². The van der Waals surface area contributed by atoms with Gasteiger partial charge in [0.15, 0.2) is 0 Å². The van der Waals surface area contributed by atoms with Gasteiger partial charge in [-0.25, -0.2) is 0 Å². The summed E-state index contributed by atoms with van der Waals surface area (Å²) in [6, 6.07) is 0.393. The fourth-order valence-electron chi connectivity index (χ4n) is 2.49. The molecule has 0 aromatic heterocycles. The standard InChI is InChI=1S/C13H24N2O2S.ClH/c1-15(11-5-6-14-8-11)13(16)10-18-9-12-4-2-3-7-17-12;/h11-12,14H,2-10H2,1H3;1H. The molecule has 2 atom stereocenters. The van der Waals surface area contributed by atoms with Gasteiger partial charge < -0.3 is 15.0 Å².